The van der Waals surface area contributed by atoms with Crippen LogP contribution < -0.4 is 16.0 Å². The lowest BCUT2D eigenvalue weighted by Crippen LogP contribution is -2.43. The fourth-order valence-electron chi connectivity index (χ4n) is 3.34. The zero-order chi connectivity index (χ0) is 16.4. The predicted octanol–water partition coefficient (Wildman–Crippen LogP) is 2.08. The van der Waals surface area contributed by atoms with Crippen molar-refractivity contribution in [2.75, 3.05) is 11.4 Å². The Labute approximate surface area is 141 Å². The fraction of sp³-hybridized carbons (Fsp3) is 0.529. The highest BCUT2D eigenvalue weighted by Crippen LogP contribution is 2.27. The molecule has 1 unspecified atom stereocenters. The van der Waals surface area contributed by atoms with Gasteiger partial charge in [-0.3, -0.25) is 9.59 Å². The van der Waals surface area contributed by atoms with Gasteiger partial charge in [-0.05, 0) is 49.9 Å². The normalized spacial score (nSPS) is 28.0. The second-order valence-corrected chi connectivity index (χ2v) is 6.94. The average molecular weight is 336 g/mol. The van der Waals surface area contributed by atoms with Gasteiger partial charge in [0.1, 0.15) is 0 Å². The van der Waals surface area contributed by atoms with Crippen LogP contribution in [-0.4, -0.2) is 30.4 Å². The van der Waals surface area contributed by atoms with Crippen molar-refractivity contribution in [3.63, 3.8) is 0 Å². The lowest BCUT2D eigenvalue weighted by atomic mass is 9.91. The Morgan fingerprint density at radius 3 is 2.48 bits per heavy atom. The summed E-state index contributed by atoms with van der Waals surface area (Å²) >= 11 is 5.88. The van der Waals surface area contributed by atoms with Gasteiger partial charge >= 0.3 is 0 Å². The van der Waals surface area contributed by atoms with Crippen LogP contribution in [0.4, 0.5) is 5.69 Å². The molecule has 0 radical (unpaired) electrons. The van der Waals surface area contributed by atoms with Crippen molar-refractivity contribution in [2.24, 2.45) is 11.7 Å². The third-order valence-electron chi connectivity index (χ3n) is 4.75. The SMILES string of the molecule is NC1CCC(NC(=O)C2CC(=O)N(c3ccc(Cl)cc3)C2)CC1. The molecule has 1 aliphatic carbocycles. The molecule has 2 aliphatic rings. The van der Waals surface area contributed by atoms with Gasteiger partial charge in [-0.1, -0.05) is 11.6 Å². The van der Waals surface area contributed by atoms with Crippen LogP contribution in [0.1, 0.15) is 32.1 Å². The Balaban J connectivity index is 1.58. The van der Waals surface area contributed by atoms with E-state index in [1.165, 1.54) is 0 Å². The highest BCUT2D eigenvalue weighted by Gasteiger charge is 2.36. The predicted molar refractivity (Wildman–Crippen MR) is 90.3 cm³/mol. The Morgan fingerprint density at radius 2 is 1.83 bits per heavy atom. The Morgan fingerprint density at radius 1 is 1.17 bits per heavy atom. The van der Waals surface area contributed by atoms with E-state index in [9.17, 15) is 9.59 Å². The van der Waals surface area contributed by atoms with Crippen LogP contribution in [0.3, 0.4) is 0 Å². The summed E-state index contributed by atoms with van der Waals surface area (Å²) in [5.74, 6) is -0.317. The second kappa shape index (κ2) is 6.89. The van der Waals surface area contributed by atoms with E-state index in [4.69, 9.17) is 17.3 Å². The molecule has 1 aromatic carbocycles. The number of nitrogens with one attached hydrogen (secondary N) is 1. The summed E-state index contributed by atoms with van der Waals surface area (Å²) in [6.07, 6.45) is 4.01. The second-order valence-electron chi connectivity index (χ2n) is 6.50. The molecule has 6 heteroatoms. The topological polar surface area (TPSA) is 75.4 Å². The number of rotatable bonds is 3. The molecule has 23 heavy (non-hydrogen) atoms. The van der Waals surface area contributed by atoms with Gasteiger partial charge < -0.3 is 16.0 Å². The molecule has 1 atom stereocenters. The molecule has 1 aromatic rings. The molecule has 1 saturated carbocycles. The van der Waals surface area contributed by atoms with Gasteiger partial charge in [-0.25, -0.2) is 0 Å². The number of hydrogen-bond acceptors (Lipinski definition) is 3. The molecule has 5 nitrogen and oxygen atoms in total. The highest BCUT2D eigenvalue weighted by atomic mass is 35.5. The first kappa shape index (κ1) is 16.3. The zero-order valence-electron chi connectivity index (χ0n) is 13.0. The van der Waals surface area contributed by atoms with E-state index in [1.807, 2.05) is 12.1 Å². The number of halogens is 1. The van der Waals surface area contributed by atoms with Gasteiger partial charge in [0, 0.05) is 35.8 Å². The largest absolute Gasteiger partial charge is 0.353 e. The summed E-state index contributed by atoms with van der Waals surface area (Å²) in [4.78, 5) is 26.3. The summed E-state index contributed by atoms with van der Waals surface area (Å²) in [7, 11) is 0. The molecule has 124 valence electrons. The number of carbonyl (C=O) groups is 2. The number of nitrogens with zero attached hydrogens (tertiary/aromatic N) is 1. The quantitative estimate of drug-likeness (QED) is 0.888. The first-order valence-corrected chi connectivity index (χ1v) is 8.52. The molecular weight excluding hydrogens is 314 g/mol. The number of benzene rings is 1. The third-order valence-corrected chi connectivity index (χ3v) is 5.00. The number of anilines is 1. The van der Waals surface area contributed by atoms with Crippen LogP contribution in [-0.2, 0) is 9.59 Å². The lowest BCUT2D eigenvalue weighted by molar-refractivity contribution is -0.127. The Kier molecular flexibility index (Phi) is 4.87. The third kappa shape index (κ3) is 3.85. The van der Waals surface area contributed by atoms with Gasteiger partial charge in [0.05, 0.1) is 5.92 Å². The molecule has 2 amide bonds. The van der Waals surface area contributed by atoms with Crippen LogP contribution in [0.2, 0.25) is 5.02 Å². The lowest BCUT2D eigenvalue weighted by Gasteiger charge is -2.27. The van der Waals surface area contributed by atoms with E-state index in [1.54, 1.807) is 17.0 Å². The molecule has 0 bridgehead atoms. The van der Waals surface area contributed by atoms with E-state index in [0.717, 1.165) is 31.4 Å². The van der Waals surface area contributed by atoms with Crippen LogP contribution in [0.5, 0.6) is 0 Å². The van der Waals surface area contributed by atoms with Crippen molar-refractivity contribution in [3.8, 4) is 0 Å². The zero-order valence-corrected chi connectivity index (χ0v) is 13.8. The maximum Gasteiger partial charge on any atom is 0.227 e. The van der Waals surface area contributed by atoms with Crippen molar-refractivity contribution < 1.29 is 9.59 Å². The molecule has 1 aliphatic heterocycles. The van der Waals surface area contributed by atoms with Crippen LogP contribution >= 0.6 is 11.6 Å². The van der Waals surface area contributed by atoms with E-state index >= 15 is 0 Å². The molecule has 0 aromatic heterocycles. The van der Waals surface area contributed by atoms with Crippen LogP contribution in [0, 0.1) is 5.92 Å². The van der Waals surface area contributed by atoms with Crippen molar-refractivity contribution >= 4 is 29.1 Å². The summed E-state index contributed by atoms with van der Waals surface area (Å²) < 4.78 is 0. The number of nitrogens with two attached hydrogens (primary N) is 1. The maximum atomic E-state index is 12.4. The molecule has 0 spiro atoms. The smallest absolute Gasteiger partial charge is 0.227 e. The first-order chi connectivity index (χ1) is 11.0. The van der Waals surface area contributed by atoms with Gasteiger partial charge in [0.15, 0.2) is 0 Å². The first-order valence-electron chi connectivity index (χ1n) is 8.15. The molecular formula is C17H22ClN3O2. The van der Waals surface area contributed by atoms with E-state index in [-0.39, 0.29) is 36.2 Å². The standard InChI is InChI=1S/C17H22ClN3O2/c18-12-1-7-15(8-2-12)21-10-11(9-16(21)22)17(23)20-14-5-3-13(19)4-6-14/h1-2,7-8,11,13-14H,3-6,9-10,19H2,(H,20,23). The monoisotopic (exact) mass is 335 g/mol. The van der Waals surface area contributed by atoms with E-state index < -0.39 is 0 Å². The van der Waals surface area contributed by atoms with E-state index in [0.29, 0.717) is 11.6 Å². The fourth-order valence-corrected chi connectivity index (χ4v) is 3.46. The number of amides is 2. The summed E-state index contributed by atoms with van der Waals surface area (Å²) in [5.41, 5.74) is 6.68. The molecule has 3 N–H and O–H groups in total. The van der Waals surface area contributed by atoms with Crippen molar-refractivity contribution in [2.45, 2.75) is 44.2 Å². The maximum absolute atomic E-state index is 12.4. The minimum atomic E-state index is -0.284. The van der Waals surface area contributed by atoms with Gasteiger partial charge in [0.25, 0.3) is 0 Å². The van der Waals surface area contributed by atoms with Crippen LogP contribution in [0.25, 0.3) is 0 Å². The summed E-state index contributed by atoms with van der Waals surface area (Å²) in [6, 6.07) is 7.58. The molecule has 3 rings (SSSR count). The summed E-state index contributed by atoms with van der Waals surface area (Å²) in [5, 5.41) is 3.72. The van der Waals surface area contributed by atoms with Crippen LogP contribution in [0.15, 0.2) is 24.3 Å². The molecule has 1 saturated heterocycles. The van der Waals surface area contributed by atoms with Gasteiger partial charge in [-0.15, -0.1) is 0 Å². The highest BCUT2D eigenvalue weighted by molar-refractivity contribution is 6.30. The van der Waals surface area contributed by atoms with E-state index in [2.05, 4.69) is 5.32 Å². The molecule has 2 fully saturated rings. The average Bonchev–Trinajstić information content (AvgIpc) is 2.92. The van der Waals surface area contributed by atoms with Crippen molar-refractivity contribution in [3.05, 3.63) is 29.3 Å². The number of hydrogen-bond donors (Lipinski definition) is 2. The number of carbonyl (C=O) groups excluding carboxylic acids is 2. The van der Waals surface area contributed by atoms with Crippen molar-refractivity contribution in [1.82, 2.24) is 5.32 Å². The molecule has 1 heterocycles. The summed E-state index contributed by atoms with van der Waals surface area (Å²) in [6.45, 7) is 0.429. The Bertz CT molecular complexity index is 582. The minimum Gasteiger partial charge on any atom is -0.353 e. The van der Waals surface area contributed by atoms with Crippen molar-refractivity contribution in [1.29, 1.82) is 0 Å². The van der Waals surface area contributed by atoms with Gasteiger partial charge in [-0.2, -0.15) is 0 Å². The Hall–Kier alpha value is -1.59. The minimum absolute atomic E-state index is 0.0156. The van der Waals surface area contributed by atoms with Gasteiger partial charge in [0.2, 0.25) is 11.8 Å².